The van der Waals surface area contributed by atoms with Crippen LogP contribution in [0, 0.1) is 0 Å². The monoisotopic (exact) mass is 523 g/mol. The van der Waals surface area contributed by atoms with Crippen LogP contribution in [-0.2, 0) is 10.1 Å². The lowest BCUT2D eigenvalue weighted by Crippen LogP contribution is -2.35. The number of benzene rings is 5. The van der Waals surface area contributed by atoms with Gasteiger partial charge in [-0.15, -0.1) is 4.57 Å². The Balaban J connectivity index is 1.88. The van der Waals surface area contributed by atoms with Gasteiger partial charge in [0, 0.05) is 40.7 Å². The van der Waals surface area contributed by atoms with Crippen LogP contribution in [0.5, 0.6) is 5.75 Å². The second-order valence-electron chi connectivity index (χ2n) is 8.78. The molecule has 0 radical (unpaired) electrons. The molecule has 5 aromatic carbocycles. The van der Waals surface area contributed by atoms with E-state index in [9.17, 15) is 13.0 Å². The van der Waals surface area contributed by atoms with Crippen molar-refractivity contribution in [2.45, 2.75) is 4.90 Å². The largest absolute Gasteiger partial charge is 0.494 e. The molecule has 1 aromatic heterocycles. The number of aromatic nitrogens is 2. The molecule has 0 aliphatic carbocycles. The average Bonchev–Trinajstić information content (AvgIpc) is 2.92. The molecular weight excluding hydrogens is 500 g/mol. The lowest BCUT2D eigenvalue weighted by Gasteiger charge is -2.15. The number of hydrogen-bond acceptors (Lipinski definition) is 6. The number of hydrogen-bond donors (Lipinski definition) is 3. The van der Waals surface area contributed by atoms with Gasteiger partial charge >= 0.3 is 10.1 Å². The first-order chi connectivity index (χ1) is 18.4. The molecule has 6 rings (SSSR count). The van der Waals surface area contributed by atoms with Crippen LogP contribution in [-0.4, -0.2) is 25.1 Å². The van der Waals surface area contributed by atoms with Crippen LogP contribution in [0.3, 0.4) is 0 Å². The van der Waals surface area contributed by atoms with Crippen molar-refractivity contribution in [3.63, 3.8) is 0 Å². The number of nitrogens with two attached hydrogens (primary N) is 1. The molecule has 8 nitrogen and oxygen atoms in total. The van der Waals surface area contributed by atoms with Gasteiger partial charge in [-0.3, -0.25) is 4.55 Å². The van der Waals surface area contributed by atoms with Crippen molar-refractivity contribution in [1.29, 1.82) is 0 Å². The van der Waals surface area contributed by atoms with E-state index in [-0.39, 0.29) is 22.5 Å². The molecule has 0 atom stereocenters. The molecule has 0 unspecified atom stereocenters. The van der Waals surface area contributed by atoms with Gasteiger partial charge in [-0.05, 0) is 12.1 Å². The summed E-state index contributed by atoms with van der Waals surface area (Å²) in [7, 11) is -3.28. The topological polar surface area (TPSA) is 118 Å². The molecule has 9 heteroatoms. The maximum absolute atomic E-state index is 12.7. The third-order valence-corrected chi connectivity index (χ3v) is 7.40. The molecule has 0 spiro atoms. The number of rotatable bonds is 5. The Hall–Kier alpha value is -4.73. The van der Waals surface area contributed by atoms with E-state index in [0.717, 1.165) is 22.1 Å². The number of nitrogen functional groups attached to an aromatic ring is 1. The second-order valence-corrected chi connectivity index (χ2v) is 10.1. The number of fused-ring (bicyclic) bond motifs is 4. The van der Waals surface area contributed by atoms with E-state index in [1.165, 1.54) is 13.2 Å². The lowest BCUT2D eigenvalue weighted by molar-refractivity contribution is -0.539. The average molecular weight is 524 g/mol. The third kappa shape index (κ3) is 3.85. The van der Waals surface area contributed by atoms with Gasteiger partial charge in [-0.2, -0.15) is 8.42 Å². The van der Waals surface area contributed by atoms with E-state index >= 15 is 0 Å². The zero-order valence-electron chi connectivity index (χ0n) is 20.3. The highest BCUT2D eigenvalue weighted by molar-refractivity contribution is 7.86. The summed E-state index contributed by atoms with van der Waals surface area (Å²) in [6.07, 6.45) is 0. The fraction of sp³-hybridized carbons (Fsp3) is 0.0345. The number of methoxy groups -OCH3 is 1. The summed E-state index contributed by atoms with van der Waals surface area (Å²) >= 11 is 0. The minimum atomic E-state index is -4.74. The minimum Gasteiger partial charge on any atom is -0.494 e. The molecule has 0 bridgehead atoms. The Labute approximate surface area is 218 Å². The van der Waals surface area contributed by atoms with Crippen molar-refractivity contribution < 1.29 is 22.3 Å². The molecule has 0 fully saturated rings. The van der Waals surface area contributed by atoms with Crippen LogP contribution >= 0.6 is 0 Å². The van der Waals surface area contributed by atoms with Crippen LogP contribution in [0.4, 0.5) is 17.1 Å². The predicted octanol–water partition coefficient (Wildman–Crippen LogP) is 5.40. The van der Waals surface area contributed by atoms with E-state index in [4.69, 9.17) is 15.5 Å². The van der Waals surface area contributed by atoms with Crippen LogP contribution in [0.1, 0.15) is 0 Å². The maximum atomic E-state index is 12.7. The fourth-order valence-electron chi connectivity index (χ4n) is 4.87. The van der Waals surface area contributed by atoms with Crippen molar-refractivity contribution in [1.82, 2.24) is 4.98 Å². The Morgan fingerprint density at radius 3 is 2.16 bits per heavy atom. The van der Waals surface area contributed by atoms with Gasteiger partial charge in [0.15, 0.2) is 16.2 Å². The summed E-state index contributed by atoms with van der Waals surface area (Å²) < 4.78 is 43.0. The van der Waals surface area contributed by atoms with Gasteiger partial charge < -0.3 is 15.8 Å². The first-order valence-corrected chi connectivity index (χ1v) is 13.2. The highest BCUT2D eigenvalue weighted by Crippen LogP contribution is 2.38. The Morgan fingerprint density at radius 2 is 1.50 bits per heavy atom. The summed E-state index contributed by atoms with van der Waals surface area (Å²) in [5.41, 5.74) is 9.99. The number of nitrogens with one attached hydrogen (secondary N) is 1. The van der Waals surface area contributed by atoms with Gasteiger partial charge in [-0.1, -0.05) is 60.7 Å². The van der Waals surface area contributed by atoms with E-state index in [1.54, 1.807) is 4.57 Å². The van der Waals surface area contributed by atoms with Crippen molar-refractivity contribution >= 4 is 60.0 Å². The molecule has 0 saturated carbocycles. The third-order valence-electron chi connectivity index (χ3n) is 6.45. The molecule has 1 heterocycles. The smallest absolute Gasteiger partial charge is 0.303 e. The highest BCUT2D eigenvalue weighted by atomic mass is 32.2. The van der Waals surface area contributed by atoms with E-state index in [2.05, 4.69) is 5.32 Å². The summed E-state index contributed by atoms with van der Waals surface area (Å²) in [6.45, 7) is 0. The summed E-state index contributed by atoms with van der Waals surface area (Å²) in [4.78, 5) is 4.49. The van der Waals surface area contributed by atoms with Gasteiger partial charge in [-0.25, -0.2) is 4.98 Å². The normalized spacial score (nSPS) is 11.7. The van der Waals surface area contributed by atoms with Crippen molar-refractivity contribution in [3.05, 3.63) is 97.1 Å². The molecular formula is C29H23N4O4S+. The quantitative estimate of drug-likeness (QED) is 0.0910. The standard InChI is InChI=1S/C29H22N4O4S/c1-37-25-16-22(30)29(38(34,35)36)28-27(25)32-26-21-15-9-8-14-20(21)23(31-18-10-4-2-5-11-18)17-24(26)33(28)19-12-6-3-7-13-19/h2-17H,1H3,(H3,30,31,34,35,36)/p+1. The molecule has 0 saturated heterocycles. The van der Waals surface area contributed by atoms with Crippen LogP contribution < -0.4 is 20.4 Å². The molecule has 38 heavy (non-hydrogen) atoms. The summed E-state index contributed by atoms with van der Waals surface area (Å²) in [6, 6.07) is 30.2. The van der Waals surface area contributed by atoms with Crippen LogP contribution in [0.2, 0.25) is 0 Å². The van der Waals surface area contributed by atoms with E-state index in [1.807, 2.05) is 91.0 Å². The molecule has 6 aromatic rings. The highest BCUT2D eigenvalue weighted by Gasteiger charge is 2.33. The second kappa shape index (κ2) is 8.98. The van der Waals surface area contributed by atoms with Crippen LogP contribution in [0.25, 0.3) is 38.5 Å². The van der Waals surface area contributed by atoms with Crippen molar-refractivity contribution in [2.75, 3.05) is 18.2 Å². The van der Waals surface area contributed by atoms with Gasteiger partial charge in [0.2, 0.25) is 11.2 Å². The van der Waals surface area contributed by atoms with Gasteiger partial charge in [0.05, 0.1) is 18.5 Å². The fourth-order valence-corrected chi connectivity index (χ4v) is 5.66. The molecule has 188 valence electrons. The summed E-state index contributed by atoms with van der Waals surface area (Å²) in [5.74, 6) is 0.284. The zero-order chi connectivity index (χ0) is 26.4. The predicted molar refractivity (Wildman–Crippen MR) is 149 cm³/mol. The number of anilines is 3. The van der Waals surface area contributed by atoms with Gasteiger partial charge in [0.25, 0.3) is 5.52 Å². The number of ether oxygens (including phenoxy) is 1. The molecule has 0 amide bonds. The maximum Gasteiger partial charge on any atom is 0.303 e. The zero-order valence-corrected chi connectivity index (χ0v) is 21.1. The lowest BCUT2D eigenvalue weighted by atomic mass is 10.0. The Kier molecular flexibility index (Phi) is 5.59. The first kappa shape index (κ1) is 23.7. The molecule has 0 aliphatic rings. The van der Waals surface area contributed by atoms with E-state index in [0.29, 0.717) is 16.7 Å². The van der Waals surface area contributed by atoms with Crippen molar-refractivity contribution in [3.8, 4) is 11.4 Å². The first-order valence-electron chi connectivity index (χ1n) is 11.8. The van der Waals surface area contributed by atoms with Crippen molar-refractivity contribution in [2.24, 2.45) is 0 Å². The molecule has 0 aliphatic heterocycles. The number of nitrogens with zero attached hydrogens (tertiary/aromatic N) is 2. The SMILES string of the molecule is COc1cc(N)c(S(=O)(=O)O)c2c1nc1c3ccccc3c(Nc3ccccc3)cc1[n+]2-c1ccccc1. The molecule has 4 N–H and O–H groups in total. The Morgan fingerprint density at radius 1 is 0.868 bits per heavy atom. The minimum absolute atomic E-state index is 0.115. The van der Waals surface area contributed by atoms with Crippen LogP contribution in [0.15, 0.2) is 102 Å². The summed E-state index contributed by atoms with van der Waals surface area (Å²) in [5, 5.41) is 5.27. The van der Waals surface area contributed by atoms with Gasteiger partial charge in [0.1, 0.15) is 5.52 Å². The number of para-hydroxylation sites is 2. The van der Waals surface area contributed by atoms with E-state index < -0.39 is 15.0 Å². The Bertz CT molecular complexity index is 1960.